The number of carbonyl (C=O) groups excluding carboxylic acids is 3. The third-order valence-corrected chi connectivity index (χ3v) is 4.02. The molecular weight excluding hydrogens is 354 g/mol. The van der Waals surface area contributed by atoms with E-state index in [0.717, 1.165) is 11.3 Å². The summed E-state index contributed by atoms with van der Waals surface area (Å²) in [6.45, 7) is 1.43. The highest BCUT2D eigenvalue weighted by atomic mass is 35.5. The number of para-hydroxylation sites is 1. The van der Waals surface area contributed by atoms with Crippen molar-refractivity contribution >= 4 is 46.5 Å². The van der Waals surface area contributed by atoms with E-state index < -0.39 is 24.5 Å². The van der Waals surface area contributed by atoms with E-state index in [4.69, 9.17) is 21.1 Å². The second kappa shape index (κ2) is 8.47. The zero-order chi connectivity index (χ0) is 17.5. The van der Waals surface area contributed by atoms with Crippen molar-refractivity contribution in [3.63, 3.8) is 0 Å². The standard InChI is InChI=1S/C16H14ClNO5S/c1-2-22-15(20)10-5-3-4-6-11(10)18-14(19)9-23-16(21)12-7-8-13(17)24-12/h3-8H,2,9H2,1H3,(H,18,19). The third-order valence-electron chi connectivity index (χ3n) is 2.81. The Morgan fingerprint density at radius 3 is 2.50 bits per heavy atom. The number of nitrogens with one attached hydrogen (secondary N) is 1. The molecule has 2 rings (SSSR count). The van der Waals surface area contributed by atoms with Gasteiger partial charge >= 0.3 is 11.9 Å². The average molecular weight is 368 g/mol. The number of amides is 1. The van der Waals surface area contributed by atoms with Crippen molar-refractivity contribution in [1.82, 2.24) is 0 Å². The Kier molecular flexibility index (Phi) is 6.34. The Hall–Kier alpha value is -2.38. The Morgan fingerprint density at radius 1 is 1.08 bits per heavy atom. The molecule has 0 radical (unpaired) electrons. The van der Waals surface area contributed by atoms with E-state index in [0.29, 0.717) is 9.21 Å². The van der Waals surface area contributed by atoms with Crippen LogP contribution >= 0.6 is 22.9 Å². The highest BCUT2D eigenvalue weighted by molar-refractivity contribution is 7.17. The van der Waals surface area contributed by atoms with Crippen molar-refractivity contribution in [1.29, 1.82) is 0 Å². The van der Waals surface area contributed by atoms with Crippen molar-refractivity contribution in [3.8, 4) is 0 Å². The first-order valence-electron chi connectivity index (χ1n) is 6.99. The molecule has 0 unspecified atom stereocenters. The van der Waals surface area contributed by atoms with Crippen LogP contribution in [0, 0.1) is 0 Å². The molecule has 1 heterocycles. The van der Waals surface area contributed by atoms with Crippen molar-refractivity contribution < 1.29 is 23.9 Å². The van der Waals surface area contributed by atoms with Crippen molar-refractivity contribution in [2.45, 2.75) is 6.92 Å². The predicted octanol–water partition coefficient (Wildman–Crippen LogP) is 3.37. The zero-order valence-electron chi connectivity index (χ0n) is 12.7. The molecule has 0 aliphatic carbocycles. The number of rotatable bonds is 6. The van der Waals surface area contributed by atoms with E-state index in [9.17, 15) is 14.4 Å². The summed E-state index contributed by atoms with van der Waals surface area (Å²) in [4.78, 5) is 35.8. The Bertz CT molecular complexity index is 758. The van der Waals surface area contributed by atoms with Gasteiger partial charge in [-0.3, -0.25) is 4.79 Å². The van der Waals surface area contributed by atoms with Crippen molar-refractivity contribution in [3.05, 3.63) is 51.2 Å². The van der Waals surface area contributed by atoms with Crippen LogP contribution in [0.1, 0.15) is 27.0 Å². The molecule has 0 spiro atoms. The molecule has 1 N–H and O–H groups in total. The Balaban J connectivity index is 1.95. The molecule has 1 aromatic carbocycles. The molecule has 0 aliphatic heterocycles. The zero-order valence-corrected chi connectivity index (χ0v) is 14.3. The summed E-state index contributed by atoms with van der Waals surface area (Å²) in [5.41, 5.74) is 0.514. The van der Waals surface area contributed by atoms with Crippen molar-refractivity contribution in [2.24, 2.45) is 0 Å². The third kappa shape index (κ3) is 4.81. The Morgan fingerprint density at radius 2 is 1.83 bits per heavy atom. The lowest BCUT2D eigenvalue weighted by molar-refractivity contribution is -0.119. The second-order valence-corrected chi connectivity index (χ2v) is 6.21. The molecule has 0 saturated heterocycles. The molecular formula is C16H14ClNO5S. The first-order valence-corrected chi connectivity index (χ1v) is 8.19. The van der Waals surface area contributed by atoms with Gasteiger partial charge in [0.2, 0.25) is 0 Å². The van der Waals surface area contributed by atoms with Gasteiger partial charge in [-0.05, 0) is 31.2 Å². The Labute approximate surface area is 147 Å². The molecule has 8 heteroatoms. The molecule has 6 nitrogen and oxygen atoms in total. The van der Waals surface area contributed by atoms with Gasteiger partial charge in [-0.2, -0.15) is 0 Å². The highest BCUT2D eigenvalue weighted by Crippen LogP contribution is 2.22. The minimum atomic E-state index is -0.638. The van der Waals surface area contributed by atoms with Gasteiger partial charge in [0.1, 0.15) is 4.88 Å². The van der Waals surface area contributed by atoms with Crippen LogP contribution in [0.25, 0.3) is 0 Å². The maximum atomic E-state index is 11.9. The number of hydrogen-bond donors (Lipinski definition) is 1. The fourth-order valence-electron chi connectivity index (χ4n) is 1.79. The van der Waals surface area contributed by atoms with Crippen LogP contribution < -0.4 is 5.32 Å². The van der Waals surface area contributed by atoms with Crippen LogP contribution in [0.4, 0.5) is 5.69 Å². The average Bonchev–Trinajstić information content (AvgIpc) is 3.00. The summed E-state index contributed by atoms with van der Waals surface area (Å²) < 4.78 is 10.3. The van der Waals surface area contributed by atoms with Gasteiger partial charge in [0.05, 0.1) is 22.2 Å². The maximum Gasteiger partial charge on any atom is 0.348 e. The number of thiophene rings is 1. The molecule has 0 bridgehead atoms. The molecule has 0 saturated carbocycles. The maximum absolute atomic E-state index is 11.9. The summed E-state index contributed by atoms with van der Waals surface area (Å²) in [7, 11) is 0. The molecule has 0 fully saturated rings. The number of anilines is 1. The van der Waals surface area contributed by atoms with Crippen LogP contribution in [0.5, 0.6) is 0 Å². The molecule has 1 amide bonds. The molecule has 24 heavy (non-hydrogen) atoms. The molecule has 0 aliphatic rings. The van der Waals surface area contributed by atoms with Crippen molar-refractivity contribution in [2.75, 3.05) is 18.5 Å². The lowest BCUT2D eigenvalue weighted by Crippen LogP contribution is -2.22. The SMILES string of the molecule is CCOC(=O)c1ccccc1NC(=O)COC(=O)c1ccc(Cl)s1. The quantitative estimate of drug-likeness (QED) is 0.791. The number of hydrogen-bond acceptors (Lipinski definition) is 6. The minimum absolute atomic E-state index is 0.224. The van der Waals surface area contributed by atoms with Gasteiger partial charge < -0.3 is 14.8 Å². The fraction of sp³-hybridized carbons (Fsp3) is 0.188. The number of carbonyl (C=O) groups is 3. The lowest BCUT2D eigenvalue weighted by Gasteiger charge is -2.10. The van der Waals surface area contributed by atoms with E-state index in [1.54, 1.807) is 31.2 Å². The number of benzene rings is 1. The molecule has 2 aromatic rings. The topological polar surface area (TPSA) is 81.7 Å². The van der Waals surface area contributed by atoms with Crippen LogP contribution in [0.3, 0.4) is 0 Å². The van der Waals surface area contributed by atoms with Gasteiger partial charge in [-0.15, -0.1) is 11.3 Å². The summed E-state index contributed by atoms with van der Waals surface area (Å²) in [5, 5.41) is 2.52. The van der Waals surface area contributed by atoms with Crippen LogP contribution in [0.2, 0.25) is 4.34 Å². The van der Waals surface area contributed by atoms with Gasteiger partial charge in [-0.25, -0.2) is 9.59 Å². The lowest BCUT2D eigenvalue weighted by atomic mass is 10.2. The van der Waals surface area contributed by atoms with E-state index >= 15 is 0 Å². The van der Waals surface area contributed by atoms with E-state index in [-0.39, 0.29) is 17.9 Å². The van der Waals surface area contributed by atoms with Gasteiger partial charge in [0, 0.05) is 0 Å². The number of ether oxygens (including phenoxy) is 2. The smallest absolute Gasteiger partial charge is 0.348 e. The number of esters is 2. The highest BCUT2D eigenvalue weighted by Gasteiger charge is 2.16. The van der Waals surface area contributed by atoms with Gasteiger partial charge in [-0.1, -0.05) is 23.7 Å². The summed E-state index contributed by atoms with van der Waals surface area (Å²) in [6.07, 6.45) is 0. The monoisotopic (exact) mass is 367 g/mol. The molecule has 0 atom stereocenters. The van der Waals surface area contributed by atoms with Crippen LogP contribution in [-0.2, 0) is 14.3 Å². The molecule has 1 aromatic heterocycles. The summed E-state index contributed by atoms with van der Waals surface area (Å²) in [6, 6.07) is 9.50. The van der Waals surface area contributed by atoms with Crippen LogP contribution in [0.15, 0.2) is 36.4 Å². The summed E-state index contributed by atoms with van der Waals surface area (Å²) in [5.74, 6) is -1.75. The van der Waals surface area contributed by atoms with E-state index in [1.807, 2.05) is 0 Å². The van der Waals surface area contributed by atoms with E-state index in [2.05, 4.69) is 5.32 Å². The first kappa shape index (κ1) is 18.0. The summed E-state index contributed by atoms with van der Waals surface area (Å²) >= 11 is 6.80. The van der Waals surface area contributed by atoms with Gasteiger partial charge in [0.15, 0.2) is 6.61 Å². The molecule has 126 valence electrons. The number of halogens is 1. The van der Waals surface area contributed by atoms with E-state index in [1.165, 1.54) is 12.1 Å². The predicted molar refractivity (Wildman–Crippen MR) is 90.6 cm³/mol. The van der Waals surface area contributed by atoms with Crippen LogP contribution in [-0.4, -0.2) is 31.1 Å². The fourth-order valence-corrected chi connectivity index (χ4v) is 2.73. The second-order valence-electron chi connectivity index (χ2n) is 4.49. The van der Waals surface area contributed by atoms with Gasteiger partial charge in [0.25, 0.3) is 5.91 Å². The largest absolute Gasteiger partial charge is 0.462 e. The normalized spacial score (nSPS) is 10.1. The first-order chi connectivity index (χ1) is 11.5. The minimum Gasteiger partial charge on any atom is -0.462 e.